The number of hydroxylamine groups is 1. The van der Waals surface area contributed by atoms with E-state index in [-0.39, 0.29) is 12.1 Å². The molecular weight excluding hydrogens is 597 g/mol. The number of ether oxygens (including phenoxy) is 4. The van der Waals surface area contributed by atoms with E-state index >= 15 is 0 Å². The fourth-order valence-electron chi connectivity index (χ4n) is 4.24. The van der Waals surface area contributed by atoms with Crippen LogP contribution in [0.3, 0.4) is 0 Å². The minimum Gasteiger partial charge on any atom is -0.493 e. The van der Waals surface area contributed by atoms with E-state index in [1.165, 1.54) is 19.2 Å². The average Bonchev–Trinajstić information content (AvgIpc) is 3.01. The largest absolute Gasteiger partial charge is 0.573 e. The Hall–Kier alpha value is -5.24. The van der Waals surface area contributed by atoms with E-state index in [1.54, 1.807) is 54.1 Å². The first kappa shape index (κ1) is 32.7. The van der Waals surface area contributed by atoms with Crippen molar-refractivity contribution in [2.75, 3.05) is 24.4 Å². The monoisotopic (exact) mass is 628 g/mol. The van der Waals surface area contributed by atoms with Gasteiger partial charge in [0.25, 0.3) is 0 Å². The number of aromatic nitrogens is 1. The number of unbranched alkanes of at least 4 members (excludes halogenated alkanes) is 3. The maximum Gasteiger partial charge on any atom is 0.573 e. The molecule has 0 unspecified atom stereocenters. The summed E-state index contributed by atoms with van der Waals surface area (Å²) in [6.07, 6.45) is 0.235. The molecule has 0 aliphatic heterocycles. The summed E-state index contributed by atoms with van der Waals surface area (Å²) in [5, 5.41) is 14.4. The van der Waals surface area contributed by atoms with Gasteiger partial charge >= 0.3 is 12.4 Å². The van der Waals surface area contributed by atoms with E-state index in [2.05, 4.69) is 20.4 Å². The van der Waals surface area contributed by atoms with Gasteiger partial charge in [-0.1, -0.05) is 12.8 Å². The Kier molecular flexibility index (Phi) is 11.2. The number of hydrogen-bond acceptors (Lipinski definition) is 8. The van der Waals surface area contributed by atoms with Gasteiger partial charge in [-0.2, -0.15) is 0 Å². The van der Waals surface area contributed by atoms with Crippen LogP contribution in [-0.4, -0.2) is 42.2 Å². The normalized spacial score (nSPS) is 11.0. The standard InChI is InChI=1S/C31H31F3N4O7/c1-42-27-18-24-25(19-28(27)43-17-5-3-2-4-6-29(39)38-41)35-16-15-26(24)44-22-11-7-20(8-12-22)36-30(40)37-21-9-13-23(14-10-21)45-31(32,33)34/h7-16,18-19,41H,2-6,17H2,1H3,(H,38,39)(H2,36,37,40). The molecule has 4 aromatic rings. The van der Waals surface area contributed by atoms with Crippen LogP contribution in [0.15, 0.2) is 72.9 Å². The van der Waals surface area contributed by atoms with Crippen molar-refractivity contribution in [2.24, 2.45) is 0 Å². The predicted molar refractivity (Wildman–Crippen MR) is 159 cm³/mol. The Balaban J connectivity index is 1.32. The van der Waals surface area contributed by atoms with Crippen LogP contribution < -0.4 is 35.1 Å². The van der Waals surface area contributed by atoms with Gasteiger partial charge in [-0.3, -0.25) is 15.0 Å². The molecule has 45 heavy (non-hydrogen) atoms. The van der Waals surface area contributed by atoms with Gasteiger partial charge in [-0.05, 0) is 73.5 Å². The zero-order chi connectivity index (χ0) is 32.2. The molecule has 4 rings (SSSR count). The second-order valence-corrected chi connectivity index (χ2v) is 9.65. The first-order valence-corrected chi connectivity index (χ1v) is 13.9. The van der Waals surface area contributed by atoms with Crippen LogP contribution in [0.4, 0.5) is 29.3 Å². The third-order valence-corrected chi connectivity index (χ3v) is 6.35. The second kappa shape index (κ2) is 15.5. The first-order valence-electron chi connectivity index (χ1n) is 13.9. The van der Waals surface area contributed by atoms with E-state index < -0.39 is 24.1 Å². The van der Waals surface area contributed by atoms with E-state index in [4.69, 9.17) is 19.4 Å². The van der Waals surface area contributed by atoms with Crippen LogP contribution in [0.25, 0.3) is 10.9 Å². The van der Waals surface area contributed by atoms with Gasteiger partial charge in [-0.15, -0.1) is 13.2 Å². The number of nitrogens with one attached hydrogen (secondary N) is 3. The number of pyridine rings is 1. The van der Waals surface area contributed by atoms with Crippen LogP contribution in [0.5, 0.6) is 28.7 Å². The number of benzene rings is 3. The summed E-state index contributed by atoms with van der Waals surface area (Å²) in [7, 11) is 1.54. The smallest absolute Gasteiger partial charge is 0.493 e. The minimum atomic E-state index is -4.80. The quantitative estimate of drug-likeness (QED) is 0.0643. The Morgan fingerprint density at radius 2 is 1.47 bits per heavy atom. The van der Waals surface area contributed by atoms with Crippen molar-refractivity contribution in [3.63, 3.8) is 0 Å². The van der Waals surface area contributed by atoms with Crippen molar-refractivity contribution in [3.05, 3.63) is 72.9 Å². The van der Waals surface area contributed by atoms with Crippen molar-refractivity contribution in [1.82, 2.24) is 10.5 Å². The zero-order valence-electron chi connectivity index (χ0n) is 24.1. The molecule has 14 heteroatoms. The number of carbonyl (C=O) groups is 2. The van der Waals surface area contributed by atoms with Crippen LogP contribution in [0.2, 0.25) is 0 Å². The van der Waals surface area contributed by atoms with Crippen molar-refractivity contribution in [1.29, 1.82) is 0 Å². The average molecular weight is 629 g/mol. The van der Waals surface area contributed by atoms with E-state index in [0.717, 1.165) is 31.4 Å². The van der Waals surface area contributed by atoms with Gasteiger partial charge in [0.15, 0.2) is 11.5 Å². The lowest BCUT2D eigenvalue weighted by atomic mass is 10.1. The molecular formula is C31H31F3N4O7. The zero-order valence-corrected chi connectivity index (χ0v) is 24.1. The second-order valence-electron chi connectivity index (χ2n) is 9.65. The molecule has 1 heterocycles. The number of methoxy groups -OCH3 is 1. The molecule has 0 bridgehead atoms. The Morgan fingerprint density at radius 1 is 0.822 bits per heavy atom. The maximum absolute atomic E-state index is 12.3. The molecule has 3 aromatic carbocycles. The Bertz CT molecular complexity index is 1580. The van der Waals surface area contributed by atoms with Gasteiger partial charge in [0, 0.05) is 35.4 Å². The molecule has 0 aliphatic rings. The third kappa shape index (κ3) is 10.2. The van der Waals surface area contributed by atoms with E-state index in [9.17, 15) is 22.8 Å². The number of anilines is 2. The number of fused-ring (bicyclic) bond motifs is 1. The van der Waals surface area contributed by atoms with Gasteiger partial charge in [-0.25, -0.2) is 10.3 Å². The third-order valence-electron chi connectivity index (χ3n) is 6.35. The number of amides is 3. The van der Waals surface area contributed by atoms with E-state index in [0.29, 0.717) is 52.6 Å². The first-order chi connectivity index (χ1) is 21.6. The summed E-state index contributed by atoms with van der Waals surface area (Å²) in [6.45, 7) is 0.450. The van der Waals surface area contributed by atoms with Gasteiger partial charge in [0.2, 0.25) is 5.91 Å². The molecule has 11 nitrogen and oxygen atoms in total. The summed E-state index contributed by atoms with van der Waals surface area (Å²) in [4.78, 5) is 27.8. The molecule has 3 amide bonds. The summed E-state index contributed by atoms with van der Waals surface area (Å²) in [5.74, 6) is 1.26. The van der Waals surface area contributed by atoms with Crippen molar-refractivity contribution >= 4 is 34.2 Å². The molecule has 0 aliphatic carbocycles. The van der Waals surface area contributed by atoms with Crippen LogP contribution in [0.1, 0.15) is 32.1 Å². The van der Waals surface area contributed by atoms with Crippen LogP contribution in [0, 0.1) is 0 Å². The number of halogens is 3. The van der Waals surface area contributed by atoms with E-state index in [1.807, 2.05) is 0 Å². The molecule has 0 fully saturated rings. The number of rotatable bonds is 14. The summed E-state index contributed by atoms with van der Waals surface area (Å²) in [6, 6.07) is 16.0. The Morgan fingerprint density at radius 3 is 2.09 bits per heavy atom. The number of urea groups is 1. The minimum absolute atomic E-state index is 0.275. The van der Waals surface area contributed by atoms with Crippen molar-refractivity contribution in [3.8, 4) is 28.7 Å². The van der Waals surface area contributed by atoms with Crippen molar-refractivity contribution < 1.29 is 46.9 Å². The van der Waals surface area contributed by atoms with Gasteiger partial charge in [0.1, 0.15) is 17.2 Å². The lowest BCUT2D eigenvalue weighted by molar-refractivity contribution is -0.274. The number of nitrogens with zero attached hydrogens (tertiary/aromatic N) is 1. The van der Waals surface area contributed by atoms with Crippen LogP contribution in [-0.2, 0) is 4.79 Å². The summed E-state index contributed by atoms with van der Waals surface area (Å²) in [5.41, 5.74) is 2.98. The number of alkyl halides is 3. The predicted octanol–water partition coefficient (Wildman–Crippen LogP) is 7.41. The molecule has 0 saturated carbocycles. The molecule has 0 spiro atoms. The molecule has 1 aromatic heterocycles. The summed E-state index contributed by atoms with van der Waals surface area (Å²) >= 11 is 0. The highest BCUT2D eigenvalue weighted by Gasteiger charge is 2.31. The number of hydrogen-bond donors (Lipinski definition) is 4. The van der Waals surface area contributed by atoms with Crippen LogP contribution >= 0.6 is 0 Å². The fourth-order valence-corrected chi connectivity index (χ4v) is 4.24. The Labute approximate surface area is 256 Å². The highest BCUT2D eigenvalue weighted by molar-refractivity contribution is 5.99. The number of carbonyl (C=O) groups excluding carboxylic acids is 2. The topological polar surface area (TPSA) is 140 Å². The molecule has 0 radical (unpaired) electrons. The molecule has 238 valence electrons. The lowest BCUT2D eigenvalue weighted by Crippen LogP contribution is -2.19. The molecule has 0 saturated heterocycles. The van der Waals surface area contributed by atoms with Gasteiger partial charge < -0.3 is 29.6 Å². The van der Waals surface area contributed by atoms with Gasteiger partial charge in [0.05, 0.1) is 19.2 Å². The molecule has 0 atom stereocenters. The summed E-state index contributed by atoms with van der Waals surface area (Å²) < 4.78 is 58.3. The molecule has 4 N–H and O–H groups in total. The SMILES string of the molecule is COc1cc2c(Oc3ccc(NC(=O)Nc4ccc(OC(F)(F)F)cc4)cc3)ccnc2cc1OCCCCCCC(=O)NO. The lowest BCUT2D eigenvalue weighted by Gasteiger charge is -2.14. The fraction of sp³-hybridized carbons (Fsp3) is 0.258. The maximum atomic E-state index is 12.3. The van der Waals surface area contributed by atoms with Crippen molar-refractivity contribution in [2.45, 2.75) is 38.5 Å². The highest BCUT2D eigenvalue weighted by Crippen LogP contribution is 2.37. The highest BCUT2D eigenvalue weighted by atomic mass is 19.4.